The first-order valence-corrected chi connectivity index (χ1v) is 8.38. The molecule has 0 heterocycles. The highest BCUT2D eigenvalue weighted by Crippen LogP contribution is 2.35. The first kappa shape index (κ1) is 16.1. The Hall–Kier alpha value is -1.28. The zero-order valence-electron chi connectivity index (χ0n) is 13.5. The molecule has 0 saturated carbocycles. The van der Waals surface area contributed by atoms with Crippen molar-refractivity contribution < 1.29 is 4.74 Å². The maximum atomic E-state index is 6.16. The summed E-state index contributed by atoms with van der Waals surface area (Å²) in [6.45, 7) is 10.9. The molecule has 0 bridgehead atoms. The molecule has 0 fully saturated rings. The average Bonchev–Trinajstić information content (AvgIpc) is 2.40. The number of ether oxygens (including phenoxy) is 1. The number of aryl methyl sites for hydroxylation is 2. The Kier molecular flexibility index (Phi) is 4.77. The summed E-state index contributed by atoms with van der Waals surface area (Å²) in [6, 6.07) is 12.6. The maximum absolute atomic E-state index is 6.16. The van der Waals surface area contributed by atoms with Gasteiger partial charge in [0.2, 0.25) is 0 Å². The SMILES string of the molecule is Cc1ccc(Oc2ccc(CBr)c(C)c2)c(C(C)(C)C)c1. The van der Waals surface area contributed by atoms with Crippen LogP contribution in [0, 0.1) is 13.8 Å². The number of benzene rings is 2. The Morgan fingerprint density at radius 3 is 2.29 bits per heavy atom. The molecule has 0 aliphatic carbocycles. The van der Waals surface area contributed by atoms with Gasteiger partial charge in [-0.2, -0.15) is 0 Å². The van der Waals surface area contributed by atoms with Gasteiger partial charge in [-0.25, -0.2) is 0 Å². The number of hydrogen-bond acceptors (Lipinski definition) is 1. The lowest BCUT2D eigenvalue weighted by molar-refractivity contribution is 0.454. The lowest BCUT2D eigenvalue weighted by Gasteiger charge is -2.23. The van der Waals surface area contributed by atoms with E-state index in [1.807, 2.05) is 6.07 Å². The second-order valence-corrected chi connectivity index (χ2v) is 7.13. The largest absolute Gasteiger partial charge is 0.457 e. The maximum Gasteiger partial charge on any atom is 0.131 e. The molecule has 21 heavy (non-hydrogen) atoms. The summed E-state index contributed by atoms with van der Waals surface area (Å²) in [4.78, 5) is 0. The Balaban J connectivity index is 2.38. The summed E-state index contributed by atoms with van der Waals surface area (Å²) in [7, 11) is 0. The fraction of sp³-hybridized carbons (Fsp3) is 0.368. The van der Waals surface area contributed by atoms with E-state index >= 15 is 0 Å². The molecule has 0 spiro atoms. The van der Waals surface area contributed by atoms with Crippen molar-refractivity contribution in [3.05, 3.63) is 58.7 Å². The van der Waals surface area contributed by atoms with Crippen LogP contribution in [0.5, 0.6) is 11.5 Å². The van der Waals surface area contributed by atoms with Gasteiger partial charge in [0.25, 0.3) is 0 Å². The van der Waals surface area contributed by atoms with Crippen LogP contribution < -0.4 is 4.74 Å². The van der Waals surface area contributed by atoms with Crippen LogP contribution in [0.2, 0.25) is 0 Å². The zero-order valence-corrected chi connectivity index (χ0v) is 15.0. The molecule has 0 aromatic heterocycles. The van der Waals surface area contributed by atoms with Crippen molar-refractivity contribution in [3.8, 4) is 11.5 Å². The molecule has 112 valence electrons. The molecule has 0 atom stereocenters. The van der Waals surface area contributed by atoms with Gasteiger partial charge >= 0.3 is 0 Å². The molecule has 0 amide bonds. The molecule has 2 rings (SSSR count). The summed E-state index contributed by atoms with van der Waals surface area (Å²) in [5, 5.41) is 0.872. The van der Waals surface area contributed by atoms with Gasteiger partial charge in [0, 0.05) is 10.9 Å². The molecule has 2 aromatic carbocycles. The fourth-order valence-electron chi connectivity index (χ4n) is 2.33. The van der Waals surface area contributed by atoms with E-state index in [9.17, 15) is 0 Å². The highest BCUT2D eigenvalue weighted by atomic mass is 79.9. The van der Waals surface area contributed by atoms with Crippen LogP contribution in [0.15, 0.2) is 36.4 Å². The molecule has 0 unspecified atom stereocenters. The Morgan fingerprint density at radius 2 is 1.71 bits per heavy atom. The van der Waals surface area contributed by atoms with E-state index in [0.717, 1.165) is 16.8 Å². The third-order valence-electron chi connectivity index (χ3n) is 3.63. The van der Waals surface area contributed by atoms with Gasteiger partial charge in [0.05, 0.1) is 0 Å². The van der Waals surface area contributed by atoms with Crippen molar-refractivity contribution in [2.45, 2.75) is 45.4 Å². The second-order valence-electron chi connectivity index (χ2n) is 6.57. The van der Waals surface area contributed by atoms with E-state index < -0.39 is 0 Å². The van der Waals surface area contributed by atoms with Crippen LogP contribution in [0.4, 0.5) is 0 Å². The van der Waals surface area contributed by atoms with Crippen molar-refractivity contribution in [3.63, 3.8) is 0 Å². The van der Waals surface area contributed by atoms with Gasteiger partial charge in [-0.3, -0.25) is 0 Å². The first-order chi connectivity index (χ1) is 9.81. The Labute approximate surface area is 136 Å². The van der Waals surface area contributed by atoms with Crippen LogP contribution in [0.3, 0.4) is 0 Å². The molecule has 0 radical (unpaired) electrons. The van der Waals surface area contributed by atoms with Crippen molar-refractivity contribution in [2.75, 3.05) is 0 Å². The minimum absolute atomic E-state index is 0.0617. The quantitative estimate of drug-likeness (QED) is 0.593. The number of alkyl halides is 1. The smallest absolute Gasteiger partial charge is 0.131 e. The average molecular weight is 347 g/mol. The minimum Gasteiger partial charge on any atom is -0.457 e. The molecule has 2 heteroatoms. The normalized spacial score (nSPS) is 11.5. The van der Waals surface area contributed by atoms with E-state index in [1.54, 1.807) is 0 Å². The van der Waals surface area contributed by atoms with E-state index in [2.05, 4.69) is 80.9 Å². The highest BCUT2D eigenvalue weighted by molar-refractivity contribution is 9.08. The summed E-state index contributed by atoms with van der Waals surface area (Å²) < 4.78 is 6.16. The number of rotatable bonds is 3. The number of hydrogen-bond donors (Lipinski definition) is 0. The Bertz CT molecular complexity index is 638. The van der Waals surface area contributed by atoms with Crippen LogP contribution >= 0.6 is 15.9 Å². The van der Waals surface area contributed by atoms with E-state index in [0.29, 0.717) is 0 Å². The summed E-state index contributed by atoms with van der Waals surface area (Å²) in [6.07, 6.45) is 0. The second kappa shape index (κ2) is 6.23. The van der Waals surface area contributed by atoms with Gasteiger partial charge in [-0.15, -0.1) is 0 Å². The van der Waals surface area contributed by atoms with Gasteiger partial charge in [-0.05, 0) is 48.6 Å². The van der Waals surface area contributed by atoms with Crippen molar-refractivity contribution >= 4 is 15.9 Å². The Morgan fingerprint density at radius 1 is 1.00 bits per heavy atom. The minimum atomic E-state index is 0.0617. The predicted molar refractivity (Wildman–Crippen MR) is 93.8 cm³/mol. The third-order valence-corrected chi connectivity index (χ3v) is 4.23. The van der Waals surface area contributed by atoms with Gasteiger partial charge in [0.15, 0.2) is 0 Å². The molecule has 0 aliphatic rings. The van der Waals surface area contributed by atoms with Gasteiger partial charge < -0.3 is 4.74 Å². The van der Waals surface area contributed by atoms with Gasteiger partial charge in [0.1, 0.15) is 11.5 Å². The zero-order chi connectivity index (χ0) is 15.6. The van der Waals surface area contributed by atoms with Crippen molar-refractivity contribution in [2.24, 2.45) is 0 Å². The molecule has 1 nitrogen and oxygen atoms in total. The molecular formula is C19H23BrO. The standard InChI is InChI=1S/C19H23BrO/c1-13-6-9-18(17(10-13)19(3,4)5)21-16-8-7-15(12-20)14(2)11-16/h6-11H,12H2,1-5H3. The fourth-order valence-corrected chi connectivity index (χ4v) is 2.96. The van der Waals surface area contributed by atoms with Crippen molar-refractivity contribution in [1.82, 2.24) is 0 Å². The highest BCUT2D eigenvalue weighted by Gasteiger charge is 2.19. The van der Waals surface area contributed by atoms with Crippen LogP contribution in [-0.2, 0) is 10.7 Å². The van der Waals surface area contributed by atoms with Crippen LogP contribution in [-0.4, -0.2) is 0 Å². The van der Waals surface area contributed by atoms with Crippen LogP contribution in [0.25, 0.3) is 0 Å². The monoisotopic (exact) mass is 346 g/mol. The van der Waals surface area contributed by atoms with E-state index in [-0.39, 0.29) is 5.41 Å². The van der Waals surface area contributed by atoms with Crippen LogP contribution in [0.1, 0.15) is 43.0 Å². The first-order valence-electron chi connectivity index (χ1n) is 7.26. The summed E-state index contributed by atoms with van der Waals surface area (Å²) in [5.41, 5.74) is 5.10. The summed E-state index contributed by atoms with van der Waals surface area (Å²) >= 11 is 3.50. The van der Waals surface area contributed by atoms with E-state index in [1.165, 1.54) is 22.3 Å². The number of halogens is 1. The molecule has 0 saturated heterocycles. The van der Waals surface area contributed by atoms with Crippen molar-refractivity contribution in [1.29, 1.82) is 0 Å². The molecule has 2 aromatic rings. The van der Waals surface area contributed by atoms with Gasteiger partial charge in [-0.1, -0.05) is 60.5 Å². The predicted octanol–water partition coefficient (Wildman–Crippen LogP) is 6.29. The lowest BCUT2D eigenvalue weighted by atomic mass is 9.85. The lowest BCUT2D eigenvalue weighted by Crippen LogP contribution is -2.12. The molecular weight excluding hydrogens is 324 g/mol. The topological polar surface area (TPSA) is 9.23 Å². The summed E-state index contributed by atoms with van der Waals surface area (Å²) in [5.74, 6) is 1.84. The third kappa shape index (κ3) is 3.88. The molecule has 0 aliphatic heterocycles. The van der Waals surface area contributed by atoms with E-state index in [4.69, 9.17) is 4.74 Å². The molecule has 0 N–H and O–H groups in total.